The van der Waals surface area contributed by atoms with Crippen LogP contribution in [-0.4, -0.2) is 4.98 Å². The quantitative estimate of drug-likeness (QED) is 0.867. The Bertz CT molecular complexity index is 631. The van der Waals surface area contributed by atoms with E-state index in [1.165, 1.54) is 6.20 Å². The van der Waals surface area contributed by atoms with Crippen molar-refractivity contribution in [3.63, 3.8) is 0 Å². The number of nitrogens with zero attached hydrogens (tertiary/aromatic N) is 2. The molecule has 2 rings (SSSR count). The zero-order valence-corrected chi connectivity index (χ0v) is 10.5. The molecule has 1 heterocycles. The summed E-state index contributed by atoms with van der Waals surface area (Å²) < 4.78 is 0. The van der Waals surface area contributed by atoms with E-state index in [1.807, 2.05) is 25.1 Å². The Labute approximate surface area is 110 Å². The highest BCUT2D eigenvalue weighted by molar-refractivity contribution is 6.30. The lowest BCUT2D eigenvalue weighted by molar-refractivity contribution is 1.28. The van der Waals surface area contributed by atoms with Gasteiger partial charge in [0.05, 0.1) is 11.3 Å². The molecule has 0 spiro atoms. The number of pyridine rings is 1. The highest BCUT2D eigenvalue weighted by Gasteiger charge is 2.05. The Hall–Kier alpha value is -2.25. The first-order valence-electron chi connectivity index (χ1n) is 5.29. The van der Waals surface area contributed by atoms with E-state index in [4.69, 9.17) is 22.6 Å². The number of aromatic nitrogens is 1. The Morgan fingerprint density at radius 2 is 2.17 bits per heavy atom. The summed E-state index contributed by atoms with van der Waals surface area (Å²) >= 11 is 5.89. The second kappa shape index (κ2) is 4.94. The fourth-order valence-corrected chi connectivity index (χ4v) is 1.77. The monoisotopic (exact) mass is 258 g/mol. The predicted molar refractivity (Wildman–Crippen MR) is 72.8 cm³/mol. The third-order valence-corrected chi connectivity index (χ3v) is 2.72. The number of rotatable bonds is 2. The molecule has 0 unspecified atom stereocenters. The van der Waals surface area contributed by atoms with Crippen molar-refractivity contribution < 1.29 is 0 Å². The van der Waals surface area contributed by atoms with Gasteiger partial charge in [0.15, 0.2) is 5.82 Å². The Morgan fingerprint density at radius 3 is 2.78 bits per heavy atom. The van der Waals surface area contributed by atoms with Crippen molar-refractivity contribution in [3.8, 4) is 6.07 Å². The smallest absolute Gasteiger partial charge is 0.153 e. The number of nitrogens with one attached hydrogen (secondary N) is 1. The molecule has 2 aromatic rings. The molecule has 0 aliphatic rings. The summed E-state index contributed by atoms with van der Waals surface area (Å²) in [5, 5.41) is 12.5. The van der Waals surface area contributed by atoms with Gasteiger partial charge in [0, 0.05) is 16.9 Å². The van der Waals surface area contributed by atoms with E-state index in [2.05, 4.69) is 10.3 Å². The van der Waals surface area contributed by atoms with Crippen molar-refractivity contribution in [3.05, 3.63) is 46.6 Å². The number of hydrogen-bond acceptors (Lipinski definition) is 4. The number of nitrogen functional groups attached to an aromatic ring is 1. The number of nitrogens with two attached hydrogens (primary N) is 1. The summed E-state index contributed by atoms with van der Waals surface area (Å²) in [4.78, 5) is 4.12. The highest BCUT2D eigenvalue weighted by atomic mass is 35.5. The molecule has 0 aliphatic carbocycles. The molecule has 3 N–H and O–H groups in total. The average molecular weight is 259 g/mol. The second-order valence-corrected chi connectivity index (χ2v) is 4.29. The van der Waals surface area contributed by atoms with Crippen LogP contribution in [0.1, 0.15) is 11.1 Å². The molecule has 1 aromatic heterocycles. The molecule has 0 saturated heterocycles. The number of benzene rings is 1. The third-order valence-electron chi connectivity index (χ3n) is 2.49. The van der Waals surface area contributed by atoms with Gasteiger partial charge in [-0.1, -0.05) is 11.6 Å². The van der Waals surface area contributed by atoms with Crippen molar-refractivity contribution in [1.29, 1.82) is 5.26 Å². The molecule has 5 heteroatoms. The highest BCUT2D eigenvalue weighted by Crippen LogP contribution is 2.25. The van der Waals surface area contributed by atoms with E-state index < -0.39 is 0 Å². The van der Waals surface area contributed by atoms with E-state index in [-0.39, 0.29) is 0 Å². The zero-order valence-electron chi connectivity index (χ0n) is 9.74. The lowest BCUT2D eigenvalue weighted by Crippen LogP contribution is -2.00. The lowest BCUT2D eigenvalue weighted by Gasteiger charge is -2.11. The molecule has 0 atom stereocenters. The maximum absolute atomic E-state index is 8.74. The van der Waals surface area contributed by atoms with Gasteiger partial charge < -0.3 is 11.1 Å². The van der Waals surface area contributed by atoms with Crippen LogP contribution in [0.5, 0.6) is 0 Å². The minimum atomic E-state index is 0.434. The topological polar surface area (TPSA) is 74.7 Å². The van der Waals surface area contributed by atoms with Crippen LogP contribution < -0.4 is 11.1 Å². The summed E-state index contributed by atoms with van der Waals surface area (Å²) in [6.07, 6.45) is 1.48. The standard InChI is InChI=1S/C13H11ClN4/c1-8-4-10(14)2-3-12(8)18-13-11(16)5-9(6-15)7-17-13/h2-5,7H,16H2,1H3,(H,17,18). The largest absolute Gasteiger partial charge is 0.396 e. The van der Waals surface area contributed by atoms with Gasteiger partial charge in [-0.05, 0) is 36.8 Å². The maximum atomic E-state index is 8.74. The van der Waals surface area contributed by atoms with Crippen LogP contribution in [0, 0.1) is 18.3 Å². The normalized spacial score (nSPS) is 9.83. The van der Waals surface area contributed by atoms with Crippen LogP contribution in [0.4, 0.5) is 17.2 Å². The number of hydrogen-bond donors (Lipinski definition) is 2. The summed E-state index contributed by atoms with van der Waals surface area (Å²) in [7, 11) is 0. The van der Waals surface area contributed by atoms with Gasteiger partial charge in [0.25, 0.3) is 0 Å². The number of anilines is 3. The molecule has 1 aromatic carbocycles. The van der Waals surface area contributed by atoms with Crippen molar-refractivity contribution in [2.45, 2.75) is 6.92 Å². The lowest BCUT2D eigenvalue weighted by atomic mass is 10.2. The van der Waals surface area contributed by atoms with E-state index in [9.17, 15) is 0 Å². The van der Waals surface area contributed by atoms with Gasteiger partial charge in [-0.2, -0.15) is 5.26 Å². The Balaban J connectivity index is 2.32. The van der Waals surface area contributed by atoms with E-state index in [0.29, 0.717) is 22.1 Å². The second-order valence-electron chi connectivity index (χ2n) is 3.86. The van der Waals surface area contributed by atoms with Gasteiger partial charge in [-0.3, -0.25) is 0 Å². The first-order valence-corrected chi connectivity index (χ1v) is 5.67. The fourth-order valence-electron chi connectivity index (χ4n) is 1.54. The van der Waals surface area contributed by atoms with Crippen LogP contribution in [0.3, 0.4) is 0 Å². The molecule has 0 radical (unpaired) electrons. The van der Waals surface area contributed by atoms with Gasteiger partial charge in [-0.25, -0.2) is 4.98 Å². The van der Waals surface area contributed by atoms with Crippen molar-refractivity contribution in [1.82, 2.24) is 4.98 Å². The van der Waals surface area contributed by atoms with Crippen LogP contribution in [0.15, 0.2) is 30.5 Å². The first-order chi connectivity index (χ1) is 8.60. The third kappa shape index (κ3) is 2.53. The molecular formula is C13H11ClN4. The average Bonchev–Trinajstić information content (AvgIpc) is 2.34. The summed E-state index contributed by atoms with van der Waals surface area (Å²) in [5.41, 5.74) is 8.56. The van der Waals surface area contributed by atoms with Crippen LogP contribution in [0.25, 0.3) is 0 Å². The fraction of sp³-hybridized carbons (Fsp3) is 0.0769. The Morgan fingerprint density at radius 1 is 1.39 bits per heavy atom. The zero-order chi connectivity index (χ0) is 13.1. The van der Waals surface area contributed by atoms with Crippen LogP contribution in [-0.2, 0) is 0 Å². The minimum absolute atomic E-state index is 0.434. The molecule has 0 aliphatic heterocycles. The van der Waals surface area contributed by atoms with Gasteiger partial charge in [0.2, 0.25) is 0 Å². The number of aryl methyl sites for hydroxylation is 1. The predicted octanol–water partition coefficient (Wildman–Crippen LogP) is 3.24. The van der Waals surface area contributed by atoms with Gasteiger partial charge in [0.1, 0.15) is 6.07 Å². The molecule has 0 saturated carbocycles. The molecule has 0 amide bonds. The van der Waals surface area contributed by atoms with E-state index in [1.54, 1.807) is 12.1 Å². The number of nitriles is 1. The molecule has 90 valence electrons. The summed E-state index contributed by atoms with van der Waals surface area (Å²) in [6, 6.07) is 9.07. The summed E-state index contributed by atoms with van der Waals surface area (Å²) in [6.45, 7) is 1.94. The molecular weight excluding hydrogens is 248 g/mol. The van der Waals surface area contributed by atoms with Crippen molar-refractivity contribution in [2.75, 3.05) is 11.1 Å². The van der Waals surface area contributed by atoms with E-state index in [0.717, 1.165) is 11.3 Å². The van der Waals surface area contributed by atoms with E-state index >= 15 is 0 Å². The minimum Gasteiger partial charge on any atom is -0.396 e. The molecule has 0 fully saturated rings. The van der Waals surface area contributed by atoms with Crippen molar-refractivity contribution >= 4 is 28.8 Å². The Kier molecular flexibility index (Phi) is 3.35. The summed E-state index contributed by atoms with van der Waals surface area (Å²) in [5.74, 6) is 0.527. The number of halogens is 1. The van der Waals surface area contributed by atoms with Gasteiger partial charge in [-0.15, -0.1) is 0 Å². The molecule has 18 heavy (non-hydrogen) atoms. The molecule has 0 bridgehead atoms. The molecule has 4 nitrogen and oxygen atoms in total. The van der Waals surface area contributed by atoms with Crippen LogP contribution >= 0.6 is 11.6 Å². The van der Waals surface area contributed by atoms with Gasteiger partial charge >= 0.3 is 0 Å². The van der Waals surface area contributed by atoms with Crippen molar-refractivity contribution in [2.24, 2.45) is 0 Å². The first kappa shape index (κ1) is 12.2. The SMILES string of the molecule is Cc1cc(Cl)ccc1Nc1ncc(C#N)cc1N. The van der Waals surface area contributed by atoms with Crippen LogP contribution in [0.2, 0.25) is 5.02 Å². The maximum Gasteiger partial charge on any atom is 0.153 e.